The number of aldehydes is 1. The molecule has 0 saturated heterocycles. The van der Waals surface area contributed by atoms with Gasteiger partial charge in [0.2, 0.25) is 0 Å². The Morgan fingerprint density at radius 3 is 1.29 bits per heavy atom. The minimum atomic E-state index is -3.64. The number of nitrogens with two attached hydrogens (primary N) is 1. The lowest BCUT2D eigenvalue weighted by atomic mass is 10.1. The molecule has 0 aliphatic carbocycles. The molecule has 0 unspecified atom stereocenters. The van der Waals surface area contributed by atoms with Gasteiger partial charge in [-0.15, -0.1) is 12.4 Å². The molecular formula is C94H95Cl4F3N12O15S3. The molecule has 9 aromatic carbocycles. The summed E-state index contributed by atoms with van der Waals surface area (Å²) in [6.45, 7) is -6.36. The van der Waals surface area contributed by atoms with Crippen LogP contribution in [0.1, 0.15) is 90.8 Å². The number of aromatic nitrogens is 6. The van der Waals surface area contributed by atoms with Crippen molar-refractivity contribution in [3.63, 3.8) is 0 Å². The van der Waals surface area contributed by atoms with Gasteiger partial charge in [-0.1, -0.05) is 86.1 Å². The largest absolute Gasteiger partial charge is 0.487 e. The van der Waals surface area contributed by atoms with Crippen molar-refractivity contribution in [1.82, 2.24) is 40.1 Å². The van der Waals surface area contributed by atoms with Gasteiger partial charge in [0.15, 0.2) is 12.0 Å². The van der Waals surface area contributed by atoms with E-state index in [9.17, 15) is 31.2 Å². The molecule has 0 atom stereocenters. The third kappa shape index (κ3) is 31.3. The fourth-order valence-electron chi connectivity index (χ4n) is 11.4. The lowest BCUT2D eigenvalue weighted by Gasteiger charge is -2.26. The molecule has 0 fully saturated rings. The standard InChI is InChI=1S/C34H34ClFN4O6S.C29H26ClFN4O4S.C26H17ClFN3O3.C3H9NO2S.2CH4.ClH/c1-34(2,3)45-33(41)40(14-15-47-46-42-4)19-26-10-13-30(44-26)23-8-11-29-27(17-23)32(38-21-37-29)39-25-9-12-31(28(35)18-25)43-20-22-6-5-7-24(36)16-22;1-36-39-40-12-11-32-16-23-7-10-27(38-23)20-5-8-26-24(14-20)29(34-18-33-26)35-22-6-9-28(25(30)15-22)37-17-19-3-2-4-21(31)13-19;27-22-12-19(5-8-25(22)33-14-16-2-1-3-18(28)10-16)31-26-21-11-17(4-7-23(21)29-15-30-26)24-9-6-20(13-32)34-24;1-7(5,6)3-2-4;;;/h5-13,16-18,21H,14-15,19-20H2,1-4H3,(H,37,38,39);2-10,13-15,18,32H,11-12,16-17H2,1H3,(H,33,34,35);1-13,15H,14H2,(H,29,30,31);2-4H2,1H3;2*1H4;1H/i14D2,20D2;11D2,17D2;14D2;3D2;;;. The Morgan fingerprint density at radius 2 is 0.924 bits per heavy atom. The minimum Gasteiger partial charge on any atom is -0.487 e. The number of halogens is 7. The number of carbonyl (C=O) groups is 2. The molecule has 1 amide bonds. The smallest absolute Gasteiger partial charge is 0.410 e. The third-order valence-corrected chi connectivity index (χ3v) is 19.6. The van der Waals surface area contributed by atoms with Crippen LogP contribution < -0.4 is 41.2 Å². The first-order valence-corrected chi connectivity index (χ1v) is 42.9. The highest BCUT2D eigenvalue weighted by molar-refractivity contribution is 7.94. The molecule has 0 saturated carbocycles. The van der Waals surface area contributed by atoms with Crippen LogP contribution >= 0.6 is 71.3 Å². The number of fused-ring (bicyclic) bond motifs is 3. The quantitative estimate of drug-likeness (QED) is 0.00810. The Kier molecular flexibility index (Phi) is 33.0. The number of furan rings is 3. The van der Waals surface area contributed by atoms with Crippen molar-refractivity contribution in [2.24, 2.45) is 5.73 Å². The number of amides is 1. The number of nitrogens with zero attached hydrogens (tertiary/aromatic N) is 7. The molecule has 15 aromatic rings. The first-order chi connectivity index (χ1) is 66.2. The van der Waals surface area contributed by atoms with E-state index >= 15 is 0 Å². The molecule has 15 rings (SSSR count). The van der Waals surface area contributed by atoms with Gasteiger partial charge in [0.05, 0.1) is 75.6 Å². The first-order valence-electron chi connectivity index (χ1n) is 44.0. The van der Waals surface area contributed by atoms with E-state index in [2.05, 4.69) is 65.3 Å². The van der Waals surface area contributed by atoms with Gasteiger partial charge >= 0.3 is 6.09 Å². The SMILES string of the molecule is C.C.Cl.[2H]C([2H])(CN)S(C)(=O)=O.[2H]C([2H])(CSOOC)NCc1ccc(-c2ccc3ncnc(Nc4ccc(OC([2H])([2H])c5cccc(F)c5)c(Cl)c4)c3c2)o1.[2H]C([2H])(Oc1ccc(Nc2ncnc3ccc(-c4ccc(C=O)o4)cc23)cc1Cl)c1cccc(F)c1.[2H]C([2H])(Oc1ccc(Nc2ncnc3ccc(-c4ccc(CN(C(=O)OC(C)(C)C)C([2H])([2H])CSOOC)o4)cc23)cc1Cl)c1cccc(F)c1. The number of carbonyl (C=O) groups excluding carboxylic acids is 2. The summed E-state index contributed by atoms with van der Waals surface area (Å²) in [7, 11) is -1.00. The topological polar surface area (TPSA) is 336 Å². The number of hydrogen-bond acceptors (Lipinski definition) is 28. The highest BCUT2D eigenvalue weighted by Crippen LogP contribution is 2.38. The number of hydrogen-bond donors (Lipinski definition) is 5. The molecule has 37 heteroatoms. The second-order valence-electron chi connectivity index (χ2n) is 27.5. The Balaban J connectivity index is 0.000000229. The maximum atomic E-state index is 13.7. The highest BCUT2D eigenvalue weighted by Gasteiger charge is 2.25. The number of rotatable bonds is 35. The monoisotopic (exact) mass is 1940 g/mol. The summed E-state index contributed by atoms with van der Waals surface area (Å²) < 4.78 is 207. The molecular weight excluding hydrogens is 1830 g/mol. The summed E-state index contributed by atoms with van der Waals surface area (Å²) in [5, 5.41) is 14.9. The molecule has 0 aliphatic heterocycles. The zero-order valence-electron chi connectivity index (χ0n) is 80.9. The average Bonchev–Trinajstić information content (AvgIpc) is 1.79. The maximum Gasteiger partial charge on any atom is 0.410 e. The van der Waals surface area contributed by atoms with Crippen molar-refractivity contribution in [2.45, 2.75) is 74.0 Å². The van der Waals surface area contributed by atoms with E-state index in [-0.39, 0.29) is 107 Å². The van der Waals surface area contributed by atoms with Crippen LogP contribution in [0.2, 0.25) is 15.1 Å². The fourth-order valence-corrected chi connectivity index (χ4v) is 13.0. The van der Waals surface area contributed by atoms with Crippen molar-refractivity contribution >= 4 is 161 Å². The van der Waals surface area contributed by atoms with Crippen molar-refractivity contribution < 1.29 is 98.3 Å². The van der Waals surface area contributed by atoms with E-state index in [0.717, 1.165) is 52.5 Å². The van der Waals surface area contributed by atoms with Gasteiger partial charge in [0.1, 0.15) is 135 Å². The minimum absolute atomic E-state index is 0. The molecule has 0 radical (unpaired) electrons. The van der Waals surface area contributed by atoms with Crippen LogP contribution in [0.25, 0.3) is 66.7 Å². The summed E-state index contributed by atoms with van der Waals surface area (Å²) >= 11 is 20.9. The van der Waals surface area contributed by atoms with Crippen LogP contribution in [0.5, 0.6) is 17.2 Å². The zero-order valence-corrected chi connectivity index (χ0v) is 74.4. The normalized spacial score (nSPS) is 13.0. The molecule has 688 valence electrons. The summed E-state index contributed by atoms with van der Waals surface area (Å²) in [5.74, 6) is 2.32. The molecule has 6 heterocycles. The zero-order chi connectivity index (χ0) is 101. The summed E-state index contributed by atoms with van der Waals surface area (Å²) in [5.41, 5.74) is 7.56. The van der Waals surface area contributed by atoms with Gasteiger partial charge in [-0.05, 0) is 219 Å². The fraction of sp³-hybridized carbons (Fsp3) is 0.213. The van der Waals surface area contributed by atoms with Crippen LogP contribution in [-0.2, 0) is 65.8 Å². The average molecular weight is 1940 g/mol. The van der Waals surface area contributed by atoms with Crippen LogP contribution in [-0.4, -0.2) is 118 Å². The van der Waals surface area contributed by atoms with E-state index in [1.807, 2.05) is 42.5 Å². The van der Waals surface area contributed by atoms with Crippen molar-refractivity contribution in [3.8, 4) is 51.2 Å². The Morgan fingerprint density at radius 1 is 0.527 bits per heavy atom. The number of benzene rings is 9. The predicted molar refractivity (Wildman–Crippen MR) is 512 cm³/mol. The molecule has 6 N–H and O–H groups in total. The van der Waals surface area contributed by atoms with Gasteiger partial charge in [-0.3, -0.25) is 9.69 Å². The van der Waals surface area contributed by atoms with E-state index < -0.39 is 83.9 Å². The van der Waals surface area contributed by atoms with Gasteiger partial charge < -0.3 is 59.2 Å². The molecule has 0 bridgehead atoms. The lowest BCUT2D eigenvalue weighted by Crippen LogP contribution is -2.37. The van der Waals surface area contributed by atoms with Crippen LogP contribution in [0.4, 0.5) is 52.5 Å². The van der Waals surface area contributed by atoms with Crippen LogP contribution in [0, 0.1) is 17.5 Å². The number of sulfone groups is 1. The number of anilines is 6. The Hall–Kier alpha value is -12.1. The van der Waals surface area contributed by atoms with Crippen LogP contribution in [0.3, 0.4) is 0 Å². The molecule has 0 aliphatic rings. The Bertz CT molecular complexity index is 7040. The van der Waals surface area contributed by atoms with E-state index in [4.69, 9.17) is 93.5 Å². The van der Waals surface area contributed by atoms with Gasteiger partial charge in [-0.2, -0.15) is 8.67 Å². The van der Waals surface area contributed by atoms with Crippen molar-refractivity contribution in [3.05, 3.63) is 304 Å². The molecule has 27 nitrogen and oxygen atoms in total. The first kappa shape index (κ1) is 85.7. The number of nitrogens with one attached hydrogen (secondary N) is 4. The molecule has 6 aromatic heterocycles. The van der Waals surface area contributed by atoms with E-state index in [1.54, 1.807) is 106 Å². The van der Waals surface area contributed by atoms with Crippen LogP contribution in [0.15, 0.2) is 251 Å². The third-order valence-electron chi connectivity index (χ3n) is 17.1. The lowest BCUT2D eigenvalue weighted by molar-refractivity contribution is -0.160. The Labute approximate surface area is 802 Å². The second kappa shape index (κ2) is 50.4. The van der Waals surface area contributed by atoms with Gasteiger partial charge in [-0.25, -0.2) is 66.1 Å². The second-order valence-corrected chi connectivity index (χ2v) is 31.9. The van der Waals surface area contributed by atoms with Gasteiger partial charge in [0, 0.05) is 117 Å². The predicted octanol–water partition coefficient (Wildman–Crippen LogP) is 23.8. The van der Waals surface area contributed by atoms with Crippen molar-refractivity contribution in [2.75, 3.05) is 73.2 Å². The van der Waals surface area contributed by atoms with Crippen molar-refractivity contribution in [1.29, 1.82) is 0 Å². The molecule has 131 heavy (non-hydrogen) atoms. The molecule has 0 spiro atoms. The van der Waals surface area contributed by atoms with Gasteiger partial charge in [0.25, 0.3) is 0 Å². The summed E-state index contributed by atoms with van der Waals surface area (Å²) in [6, 6.07) is 56.2. The van der Waals surface area contributed by atoms with E-state index in [1.165, 1.54) is 106 Å². The maximum absolute atomic E-state index is 13.7. The summed E-state index contributed by atoms with van der Waals surface area (Å²) in [6.07, 6.45) is 4.84. The number of ether oxygens (including phenoxy) is 4. The highest BCUT2D eigenvalue weighted by atomic mass is 35.5. The summed E-state index contributed by atoms with van der Waals surface area (Å²) in [4.78, 5) is 60.1. The van der Waals surface area contributed by atoms with E-state index in [0.29, 0.717) is 120 Å².